The van der Waals surface area contributed by atoms with Crippen molar-refractivity contribution in [1.82, 2.24) is 4.90 Å². The predicted octanol–water partition coefficient (Wildman–Crippen LogP) is 1.75. The fraction of sp³-hybridized carbons (Fsp3) is 0.562. The fourth-order valence-corrected chi connectivity index (χ4v) is 2.33. The lowest BCUT2D eigenvalue weighted by atomic mass is 10.1. The maximum absolute atomic E-state index is 5.92. The summed E-state index contributed by atoms with van der Waals surface area (Å²) in [7, 11) is 0. The van der Waals surface area contributed by atoms with E-state index in [1.165, 1.54) is 11.1 Å². The number of rotatable bonds is 5. The van der Waals surface area contributed by atoms with Gasteiger partial charge in [0.15, 0.2) is 5.96 Å². The lowest BCUT2D eigenvalue weighted by Crippen LogP contribution is -2.37. The molecule has 1 saturated heterocycles. The largest absolute Gasteiger partial charge is 0.379 e. The van der Waals surface area contributed by atoms with Crippen molar-refractivity contribution in [3.63, 3.8) is 0 Å². The molecule has 5 nitrogen and oxygen atoms in total. The van der Waals surface area contributed by atoms with Crippen LogP contribution in [0.4, 0.5) is 5.69 Å². The molecule has 0 bridgehead atoms. The Bertz CT molecular complexity index is 481. The first-order valence-electron chi connectivity index (χ1n) is 7.59. The van der Waals surface area contributed by atoms with E-state index in [2.05, 4.69) is 41.2 Å². The summed E-state index contributed by atoms with van der Waals surface area (Å²) in [6, 6.07) is 6.20. The van der Waals surface area contributed by atoms with Gasteiger partial charge in [0.05, 0.1) is 13.2 Å². The molecule has 0 radical (unpaired) electrons. The Balaban J connectivity index is 1.71. The Labute approximate surface area is 127 Å². The van der Waals surface area contributed by atoms with Gasteiger partial charge in [0.1, 0.15) is 0 Å². The number of aliphatic imine (C=N–C) groups is 1. The molecule has 0 aliphatic carbocycles. The number of aryl methyl sites for hydroxylation is 2. The molecule has 1 aromatic carbocycles. The third-order valence-corrected chi connectivity index (χ3v) is 3.80. The topological polar surface area (TPSA) is 62.9 Å². The molecule has 0 amide bonds. The SMILES string of the molecule is Cc1ccc(NC(N)=NCCCN2CCOCC2)cc1C. The van der Waals surface area contributed by atoms with Crippen molar-refractivity contribution in [2.24, 2.45) is 10.7 Å². The predicted molar refractivity (Wildman–Crippen MR) is 87.9 cm³/mol. The molecule has 116 valence electrons. The molecule has 0 saturated carbocycles. The van der Waals surface area contributed by atoms with Crippen LogP contribution in [0.1, 0.15) is 17.5 Å². The molecule has 0 unspecified atom stereocenters. The van der Waals surface area contributed by atoms with Crippen LogP contribution in [0.5, 0.6) is 0 Å². The number of ether oxygens (including phenoxy) is 1. The zero-order valence-corrected chi connectivity index (χ0v) is 13.1. The summed E-state index contributed by atoms with van der Waals surface area (Å²) in [6.07, 6.45) is 1.02. The normalized spacial score (nSPS) is 17.0. The average Bonchev–Trinajstić information content (AvgIpc) is 2.49. The number of nitrogens with zero attached hydrogens (tertiary/aromatic N) is 2. The minimum absolute atomic E-state index is 0.486. The van der Waals surface area contributed by atoms with E-state index in [-0.39, 0.29) is 0 Å². The van der Waals surface area contributed by atoms with Gasteiger partial charge in [-0.15, -0.1) is 0 Å². The number of morpholine rings is 1. The Morgan fingerprint density at radius 1 is 1.29 bits per heavy atom. The smallest absolute Gasteiger partial charge is 0.193 e. The van der Waals surface area contributed by atoms with E-state index in [0.717, 1.165) is 51.5 Å². The Hall–Kier alpha value is -1.59. The van der Waals surface area contributed by atoms with Crippen LogP contribution in [-0.4, -0.2) is 50.3 Å². The number of nitrogens with two attached hydrogens (primary N) is 1. The minimum Gasteiger partial charge on any atom is -0.379 e. The van der Waals surface area contributed by atoms with Gasteiger partial charge < -0.3 is 15.8 Å². The highest BCUT2D eigenvalue weighted by atomic mass is 16.5. The van der Waals surface area contributed by atoms with E-state index in [4.69, 9.17) is 10.5 Å². The molecule has 1 fully saturated rings. The molecular weight excluding hydrogens is 264 g/mol. The number of hydrogen-bond acceptors (Lipinski definition) is 3. The number of guanidine groups is 1. The van der Waals surface area contributed by atoms with Crippen LogP contribution in [0.15, 0.2) is 23.2 Å². The van der Waals surface area contributed by atoms with Crippen molar-refractivity contribution >= 4 is 11.6 Å². The van der Waals surface area contributed by atoms with E-state index < -0.39 is 0 Å². The standard InChI is InChI=1S/C16H26N4O/c1-13-4-5-15(12-14(13)2)19-16(17)18-6-3-7-20-8-10-21-11-9-20/h4-5,12H,3,6-11H2,1-2H3,(H3,17,18,19). The van der Waals surface area contributed by atoms with E-state index in [1.807, 2.05) is 6.07 Å². The summed E-state index contributed by atoms with van der Waals surface area (Å²) in [4.78, 5) is 6.79. The van der Waals surface area contributed by atoms with E-state index in [0.29, 0.717) is 5.96 Å². The van der Waals surface area contributed by atoms with E-state index >= 15 is 0 Å². The highest BCUT2D eigenvalue weighted by Gasteiger charge is 2.08. The highest BCUT2D eigenvalue weighted by molar-refractivity contribution is 5.92. The van der Waals surface area contributed by atoms with Gasteiger partial charge in [-0.1, -0.05) is 6.07 Å². The maximum Gasteiger partial charge on any atom is 0.193 e. The van der Waals surface area contributed by atoms with Gasteiger partial charge in [0, 0.05) is 31.9 Å². The molecule has 1 heterocycles. The lowest BCUT2D eigenvalue weighted by molar-refractivity contribution is 0.0377. The molecule has 1 aromatic rings. The van der Waals surface area contributed by atoms with Gasteiger partial charge in [0.2, 0.25) is 0 Å². The molecule has 3 N–H and O–H groups in total. The molecule has 2 rings (SSSR count). The molecule has 0 aromatic heterocycles. The summed E-state index contributed by atoms with van der Waals surface area (Å²) < 4.78 is 5.33. The molecular formula is C16H26N4O. The molecule has 1 aliphatic rings. The molecule has 5 heteroatoms. The Kier molecular flexibility index (Phi) is 6.02. The van der Waals surface area contributed by atoms with Crippen LogP contribution >= 0.6 is 0 Å². The number of benzene rings is 1. The van der Waals surface area contributed by atoms with Gasteiger partial charge in [0.25, 0.3) is 0 Å². The minimum atomic E-state index is 0.486. The molecule has 1 aliphatic heterocycles. The number of anilines is 1. The van der Waals surface area contributed by atoms with Crippen molar-refractivity contribution in [2.45, 2.75) is 20.3 Å². The summed E-state index contributed by atoms with van der Waals surface area (Å²) in [6.45, 7) is 9.75. The second kappa shape index (κ2) is 8.00. The van der Waals surface area contributed by atoms with E-state index in [1.54, 1.807) is 0 Å². The van der Waals surface area contributed by atoms with E-state index in [9.17, 15) is 0 Å². The number of hydrogen-bond donors (Lipinski definition) is 2. The van der Waals surface area contributed by atoms with Gasteiger partial charge >= 0.3 is 0 Å². The van der Waals surface area contributed by atoms with Crippen LogP contribution in [0.25, 0.3) is 0 Å². The van der Waals surface area contributed by atoms with Crippen molar-refractivity contribution in [3.05, 3.63) is 29.3 Å². The molecule has 21 heavy (non-hydrogen) atoms. The summed E-state index contributed by atoms with van der Waals surface area (Å²) in [5.41, 5.74) is 9.44. The van der Waals surface area contributed by atoms with Gasteiger partial charge in [-0.2, -0.15) is 0 Å². The summed E-state index contributed by atoms with van der Waals surface area (Å²) in [5.74, 6) is 0.486. The van der Waals surface area contributed by atoms with Crippen LogP contribution in [0.2, 0.25) is 0 Å². The Morgan fingerprint density at radius 3 is 2.76 bits per heavy atom. The van der Waals surface area contributed by atoms with Crippen LogP contribution < -0.4 is 11.1 Å². The second-order valence-electron chi connectivity index (χ2n) is 5.50. The van der Waals surface area contributed by atoms with Gasteiger partial charge in [-0.25, -0.2) is 0 Å². The first kappa shape index (κ1) is 15.8. The van der Waals surface area contributed by atoms with Crippen molar-refractivity contribution in [3.8, 4) is 0 Å². The Morgan fingerprint density at radius 2 is 2.05 bits per heavy atom. The monoisotopic (exact) mass is 290 g/mol. The second-order valence-corrected chi connectivity index (χ2v) is 5.50. The first-order valence-corrected chi connectivity index (χ1v) is 7.59. The van der Waals surface area contributed by atoms with Gasteiger partial charge in [-0.05, 0) is 43.5 Å². The van der Waals surface area contributed by atoms with Crippen molar-refractivity contribution < 1.29 is 4.74 Å². The third-order valence-electron chi connectivity index (χ3n) is 3.80. The van der Waals surface area contributed by atoms with Crippen LogP contribution in [-0.2, 0) is 4.74 Å². The maximum atomic E-state index is 5.92. The quantitative estimate of drug-likeness (QED) is 0.493. The molecule has 0 spiro atoms. The highest BCUT2D eigenvalue weighted by Crippen LogP contribution is 2.13. The van der Waals surface area contributed by atoms with Crippen molar-refractivity contribution in [1.29, 1.82) is 0 Å². The first-order chi connectivity index (χ1) is 10.1. The molecule has 0 atom stereocenters. The number of nitrogens with one attached hydrogen (secondary N) is 1. The van der Waals surface area contributed by atoms with Crippen LogP contribution in [0.3, 0.4) is 0 Å². The summed E-state index contributed by atoms with van der Waals surface area (Å²) in [5, 5.41) is 3.14. The third kappa shape index (κ3) is 5.36. The zero-order chi connectivity index (χ0) is 15.1. The summed E-state index contributed by atoms with van der Waals surface area (Å²) >= 11 is 0. The fourth-order valence-electron chi connectivity index (χ4n) is 2.33. The lowest BCUT2D eigenvalue weighted by Gasteiger charge is -2.26. The van der Waals surface area contributed by atoms with Crippen LogP contribution in [0, 0.1) is 13.8 Å². The zero-order valence-electron chi connectivity index (χ0n) is 13.1. The van der Waals surface area contributed by atoms with Crippen molar-refractivity contribution in [2.75, 3.05) is 44.7 Å². The van der Waals surface area contributed by atoms with Gasteiger partial charge in [-0.3, -0.25) is 9.89 Å². The average molecular weight is 290 g/mol.